The number of carbonyl (C=O) groups is 2. The molecule has 0 radical (unpaired) electrons. The first kappa shape index (κ1) is 16.7. The Morgan fingerprint density at radius 2 is 2.32 bits per heavy atom. The van der Waals surface area contributed by atoms with E-state index >= 15 is 0 Å². The van der Waals surface area contributed by atoms with Crippen molar-refractivity contribution < 1.29 is 14.7 Å². The van der Waals surface area contributed by atoms with Gasteiger partial charge in [0.05, 0.1) is 10.9 Å². The standard InChI is InChI=1S/C15H23N3O3S/c1-11-10-22-13(17-11)6-2-3-7-16-15(21)18-8-4-5-12(9-18)14(19)20/h10,12H,2-9H2,1H3,(H,16,21)(H,19,20). The summed E-state index contributed by atoms with van der Waals surface area (Å²) >= 11 is 1.68. The Labute approximate surface area is 134 Å². The van der Waals surface area contributed by atoms with Gasteiger partial charge in [0.2, 0.25) is 0 Å². The number of rotatable bonds is 6. The molecule has 6 nitrogen and oxygen atoms in total. The summed E-state index contributed by atoms with van der Waals surface area (Å²) in [5, 5.41) is 15.1. The third-order valence-electron chi connectivity index (χ3n) is 3.82. The number of aromatic nitrogens is 1. The summed E-state index contributed by atoms with van der Waals surface area (Å²) in [6.07, 6.45) is 4.25. The Bertz CT molecular complexity index is 518. The monoisotopic (exact) mass is 325 g/mol. The zero-order valence-corrected chi connectivity index (χ0v) is 13.7. The number of carbonyl (C=O) groups excluding carboxylic acids is 1. The summed E-state index contributed by atoms with van der Waals surface area (Å²) in [6, 6.07) is -0.143. The number of hydrogen-bond acceptors (Lipinski definition) is 4. The molecule has 7 heteroatoms. The lowest BCUT2D eigenvalue weighted by Crippen LogP contribution is -2.47. The maximum atomic E-state index is 12.0. The number of carboxylic acid groups (broad SMARTS) is 1. The number of thiazole rings is 1. The second kappa shape index (κ2) is 8.12. The van der Waals surface area contributed by atoms with E-state index in [9.17, 15) is 9.59 Å². The first-order valence-corrected chi connectivity index (χ1v) is 8.61. The number of aliphatic carboxylic acids is 1. The van der Waals surface area contributed by atoms with E-state index < -0.39 is 11.9 Å². The molecule has 1 saturated heterocycles. The van der Waals surface area contributed by atoms with Gasteiger partial charge < -0.3 is 15.3 Å². The Morgan fingerprint density at radius 3 is 3.00 bits per heavy atom. The molecular weight excluding hydrogens is 302 g/mol. The summed E-state index contributed by atoms with van der Waals surface area (Å²) < 4.78 is 0. The molecule has 0 aliphatic carbocycles. The normalized spacial score (nSPS) is 18.2. The van der Waals surface area contributed by atoms with Crippen molar-refractivity contribution in [3.63, 3.8) is 0 Å². The number of nitrogens with one attached hydrogen (secondary N) is 1. The van der Waals surface area contributed by atoms with Crippen LogP contribution in [-0.2, 0) is 11.2 Å². The van der Waals surface area contributed by atoms with E-state index in [4.69, 9.17) is 5.11 Å². The highest BCUT2D eigenvalue weighted by molar-refractivity contribution is 7.09. The summed E-state index contributed by atoms with van der Waals surface area (Å²) in [7, 11) is 0. The van der Waals surface area contributed by atoms with Crippen LogP contribution in [0.15, 0.2) is 5.38 Å². The summed E-state index contributed by atoms with van der Waals surface area (Å²) in [5.74, 6) is -1.23. The van der Waals surface area contributed by atoms with Gasteiger partial charge in [-0.3, -0.25) is 4.79 Å². The van der Waals surface area contributed by atoms with Crippen molar-refractivity contribution in [2.75, 3.05) is 19.6 Å². The Morgan fingerprint density at radius 1 is 1.50 bits per heavy atom. The Kier molecular flexibility index (Phi) is 6.18. The van der Waals surface area contributed by atoms with E-state index in [1.54, 1.807) is 16.2 Å². The van der Waals surface area contributed by atoms with Crippen LogP contribution in [0, 0.1) is 12.8 Å². The molecule has 2 rings (SSSR count). The number of amides is 2. The second-order valence-corrected chi connectivity index (χ2v) is 6.64. The molecule has 1 atom stereocenters. The van der Waals surface area contributed by atoms with Gasteiger partial charge in [0.15, 0.2) is 0 Å². The van der Waals surface area contributed by atoms with Crippen molar-refractivity contribution in [3.05, 3.63) is 16.1 Å². The minimum Gasteiger partial charge on any atom is -0.481 e. The van der Waals surface area contributed by atoms with Gasteiger partial charge in [0, 0.05) is 30.7 Å². The molecule has 2 heterocycles. The second-order valence-electron chi connectivity index (χ2n) is 5.70. The molecule has 2 N–H and O–H groups in total. The van der Waals surface area contributed by atoms with Gasteiger partial charge in [0.25, 0.3) is 0 Å². The van der Waals surface area contributed by atoms with Crippen LogP contribution >= 0.6 is 11.3 Å². The number of carboxylic acids is 1. The molecule has 1 aromatic rings. The van der Waals surface area contributed by atoms with Gasteiger partial charge in [-0.25, -0.2) is 9.78 Å². The first-order valence-electron chi connectivity index (χ1n) is 7.73. The van der Waals surface area contributed by atoms with E-state index in [0.29, 0.717) is 26.1 Å². The molecule has 0 saturated carbocycles. The molecule has 122 valence electrons. The average Bonchev–Trinajstić information content (AvgIpc) is 2.92. The maximum Gasteiger partial charge on any atom is 0.317 e. The Balaban J connectivity index is 1.62. The molecule has 22 heavy (non-hydrogen) atoms. The number of piperidine rings is 1. The topological polar surface area (TPSA) is 82.5 Å². The molecule has 0 bridgehead atoms. The summed E-state index contributed by atoms with van der Waals surface area (Å²) in [5.41, 5.74) is 1.06. The largest absolute Gasteiger partial charge is 0.481 e. The van der Waals surface area contributed by atoms with Crippen molar-refractivity contribution in [2.45, 2.75) is 39.0 Å². The molecular formula is C15H23N3O3S. The number of hydrogen-bond donors (Lipinski definition) is 2. The smallest absolute Gasteiger partial charge is 0.317 e. The van der Waals surface area contributed by atoms with E-state index in [1.807, 2.05) is 12.3 Å². The summed E-state index contributed by atoms with van der Waals surface area (Å²) in [4.78, 5) is 29.0. The predicted molar refractivity (Wildman–Crippen MR) is 85.1 cm³/mol. The zero-order chi connectivity index (χ0) is 15.9. The number of likely N-dealkylation sites (tertiary alicyclic amines) is 1. The first-order chi connectivity index (χ1) is 10.6. The minimum absolute atomic E-state index is 0.143. The van der Waals surface area contributed by atoms with Crippen molar-refractivity contribution in [3.8, 4) is 0 Å². The van der Waals surface area contributed by atoms with E-state index in [0.717, 1.165) is 36.4 Å². The van der Waals surface area contributed by atoms with Crippen LogP contribution < -0.4 is 5.32 Å². The fourth-order valence-corrected chi connectivity index (χ4v) is 3.41. The van der Waals surface area contributed by atoms with Crippen LogP contribution in [0.25, 0.3) is 0 Å². The van der Waals surface area contributed by atoms with Gasteiger partial charge in [-0.05, 0) is 39.0 Å². The average molecular weight is 325 g/mol. The quantitative estimate of drug-likeness (QED) is 0.786. The molecule has 1 fully saturated rings. The fourth-order valence-electron chi connectivity index (χ4n) is 2.59. The third kappa shape index (κ3) is 4.98. The van der Waals surface area contributed by atoms with Gasteiger partial charge >= 0.3 is 12.0 Å². The van der Waals surface area contributed by atoms with Crippen LogP contribution in [0.1, 0.15) is 36.4 Å². The Hall–Kier alpha value is -1.63. The lowest BCUT2D eigenvalue weighted by molar-refractivity contribution is -0.143. The highest BCUT2D eigenvalue weighted by atomic mass is 32.1. The van der Waals surface area contributed by atoms with Crippen molar-refractivity contribution in [1.82, 2.24) is 15.2 Å². The van der Waals surface area contributed by atoms with Crippen molar-refractivity contribution in [2.24, 2.45) is 5.92 Å². The maximum absolute atomic E-state index is 12.0. The SMILES string of the molecule is Cc1csc(CCCCNC(=O)N2CCCC(C(=O)O)C2)n1. The molecule has 1 aliphatic rings. The number of nitrogens with zero attached hydrogens (tertiary/aromatic N) is 2. The van der Waals surface area contributed by atoms with Crippen molar-refractivity contribution in [1.29, 1.82) is 0 Å². The van der Waals surface area contributed by atoms with E-state index in [1.165, 1.54) is 0 Å². The highest BCUT2D eigenvalue weighted by Crippen LogP contribution is 2.16. The fraction of sp³-hybridized carbons (Fsp3) is 0.667. The molecule has 1 aromatic heterocycles. The van der Waals surface area contributed by atoms with Crippen LogP contribution in [-0.4, -0.2) is 46.6 Å². The zero-order valence-electron chi connectivity index (χ0n) is 12.9. The van der Waals surface area contributed by atoms with E-state index in [2.05, 4.69) is 10.3 Å². The van der Waals surface area contributed by atoms with Crippen molar-refractivity contribution >= 4 is 23.3 Å². The lowest BCUT2D eigenvalue weighted by Gasteiger charge is -2.30. The summed E-state index contributed by atoms with van der Waals surface area (Å²) in [6.45, 7) is 3.58. The molecule has 1 unspecified atom stereocenters. The van der Waals surface area contributed by atoms with Gasteiger partial charge in [-0.1, -0.05) is 0 Å². The third-order valence-corrected chi connectivity index (χ3v) is 4.84. The van der Waals surface area contributed by atoms with Crippen LogP contribution in [0.2, 0.25) is 0 Å². The number of aryl methyl sites for hydroxylation is 2. The predicted octanol–water partition coefficient (Wildman–Crippen LogP) is 2.28. The molecule has 0 aromatic carbocycles. The van der Waals surface area contributed by atoms with Gasteiger partial charge in [-0.2, -0.15) is 0 Å². The minimum atomic E-state index is -0.809. The van der Waals surface area contributed by atoms with Crippen LogP contribution in [0.3, 0.4) is 0 Å². The van der Waals surface area contributed by atoms with Gasteiger partial charge in [-0.15, -0.1) is 11.3 Å². The molecule has 0 spiro atoms. The van der Waals surface area contributed by atoms with E-state index in [-0.39, 0.29) is 6.03 Å². The molecule has 1 aliphatic heterocycles. The lowest BCUT2D eigenvalue weighted by atomic mass is 9.99. The highest BCUT2D eigenvalue weighted by Gasteiger charge is 2.27. The van der Waals surface area contributed by atoms with Crippen LogP contribution in [0.5, 0.6) is 0 Å². The number of unbranched alkanes of at least 4 members (excludes halogenated alkanes) is 1. The number of urea groups is 1. The van der Waals surface area contributed by atoms with Crippen LogP contribution in [0.4, 0.5) is 4.79 Å². The van der Waals surface area contributed by atoms with Gasteiger partial charge in [0.1, 0.15) is 0 Å². The molecule has 2 amide bonds.